The van der Waals surface area contributed by atoms with Gasteiger partial charge in [0.2, 0.25) is 0 Å². The molecule has 2 aliphatic rings. The molecule has 0 spiro atoms. The lowest BCUT2D eigenvalue weighted by Gasteiger charge is -2.45. The van der Waals surface area contributed by atoms with Gasteiger partial charge in [0, 0.05) is 38.4 Å². The predicted molar refractivity (Wildman–Crippen MR) is 169 cm³/mol. The molecule has 4 heterocycles. The Bertz CT molecular complexity index is 1900. The lowest BCUT2D eigenvalue weighted by Crippen LogP contribution is -2.59. The van der Waals surface area contributed by atoms with Crippen LogP contribution in [0.3, 0.4) is 0 Å². The summed E-state index contributed by atoms with van der Waals surface area (Å²) >= 11 is 0. The number of fused-ring (bicyclic) bond motifs is 6. The number of ether oxygens (including phenoxy) is 3. The summed E-state index contributed by atoms with van der Waals surface area (Å²) in [5, 5.41) is 4.30. The SMILES string of the molecule is Cc1cc(Nc2ncnc3ccc4c(c23)OCC2CN(C(=O)OC(C)(C)C)CCN42)ccc1Oc1ccc2c(c1)ncn2C. The normalized spacial score (nSPS) is 16.3. The maximum absolute atomic E-state index is 12.7. The average molecular weight is 594 g/mol. The highest BCUT2D eigenvalue weighted by Crippen LogP contribution is 2.43. The fourth-order valence-electron chi connectivity index (χ4n) is 5.85. The third-order valence-electron chi connectivity index (χ3n) is 7.96. The van der Waals surface area contributed by atoms with Gasteiger partial charge < -0.3 is 33.9 Å². The van der Waals surface area contributed by atoms with Crippen molar-refractivity contribution in [3.05, 3.63) is 66.7 Å². The zero-order valence-corrected chi connectivity index (χ0v) is 25.5. The van der Waals surface area contributed by atoms with Crippen LogP contribution in [0.1, 0.15) is 26.3 Å². The third kappa shape index (κ3) is 5.18. The average Bonchev–Trinajstić information content (AvgIpc) is 3.36. The number of aromatic nitrogens is 4. The number of nitrogens with zero attached hydrogens (tertiary/aromatic N) is 6. The van der Waals surface area contributed by atoms with E-state index in [2.05, 4.69) is 25.2 Å². The van der Waals surface area contributed by atoms with Crippen LogP contribution in [-0.2, 0) is 11.8 Å². The highest BCUT2D eigenvalue weighted by Gasteiger charge is 2.37. The molecular weight excluding hydrogens is 558 g/mol. The molecule has 226 valence electrons. The highest BCUT2D eigenvalue weighted by molar-refractivity contribution is 6.00. The van der Waals surface area contributed by atoms with Gasteiger partial charge in [0.1, 0.15) is 35.9 Å². The Kier molecular flexibility index (Phi) is 6.68. The van der Waals surface area contributed by atoms with Crippen molar-refractivity contribution in [1.29, 1.82) is 0 Å². The minimum atomic E-state index is -0.535. The molecule has 7 rings (SSSR count). The first-order chi connectivity index (χ1) is 21.1. The minimum Gasteiger partial charge on any atom is -0.488 e. The Morgan fingerprint density at radius 1 is 1.02 bits per heavy atom. The van der Waals surface area contributed by atoms with E-state index in [9.17, 15) is 4.79 Å². The van der Waals surface area contributed by atoms with Gasteiger partial charge in [-0.15, -0.1) is 0 Å². The number of nitrogens with one attached hydrogen (secondary N) is 1. The first-order valence-electron chi connectivity index (χ1n) is 14.7. The molecule has 1 N–H and O–H groups in total. The highest BCUT2D eigenvalue weighted by atomic mass is 16.6. The van der Waals surface area contributed by atoms with Gasteiger partial charge in [-0.05, 0) is 75.7 Å². The number of carbonyl (C=O) groups is 1. The molecule has 0 saturated carbocycles. The van der Waals surface area contributed by atoms with E-state index < -0.39 is 5.60 Å². The summed E-state index contributed by atoms with van der Waals surface area (Å²) < 4.78 is 20.2. The van der Waals surface area contributed by atoms with E-state index in [0.717, 1.165) is 56.1 Å². The number of amides is 1. The molecule has 1 amide bonds. The van der Waals surface area contributed by atoms with Gasteiger partial charge >= 0.3 is 6.09 Å². The van der Waals surface area contributed by atoms with Gasteiger partial charge in [-0.2, -0.15) is 0 Å². The number of hydrogen-bond acceptors (Lipinski definition) is 9. The van der Waals surface area contributed by atoms with Crippen molar-refractivity contribution >= 4 is 45.2 Å². The summed E-state index contributed by atoms with van der Waals surface area (Å²) in [6.07, 6.45) is 3.06. The Morgan fingerprint density at radius 2 is 1.89 bits per heavy atom. The van der Waals surface area contributed by atoms with E-state index in [1.807, 2.05) is 87.8 Å². The molecule has 1 unspecified atom stereocenters. The van der Waals surface area contributed by atoms with Crippen molar-refractivity contribution in [3.8, 4) is 17.2 Å². The fraction of sp³-hybridized carbons (Fsp3) is 0.333. The maximum atomic E-state index is 12.7. The quantitative estimate of drug-likeness (QED) is 0.261. The number of rotatable bonds is 4. The first-order valence-corrected chi connectivity index (χ1v) is 14.7. The fourth-order valence-corrected chi connectivity index (χ4v) is 5.85. The number of hydrogen-bond donors (Lipinski definition) is 1. The summed E-state index contributed by atoms with van der Waals surface area (Å²) in [5.41, 5.74) is 5.00. The van der Waals surface area contributed by atoms with Crippen LogP contribution in [0.4, 0.5) is 22.0 Å². The third-order valence-corrected chi connectivity index (χ3v) is 7.96. The number of aryl methyl sites for hydroxylation is 2. The van der Waals surface area contributed by atoms with Gasteiger partial charge in [-0.25, -0.2) is 19.7 Å². The van der Waals surface area contributed by atoms with Crippen LogP contribution in [0.5, 0.6) is 17.2 Å². The van der Waals surface area contributed by atoms with Gasteiger partial charge in [0.05, 0.1) is 40.0 Å². The Morgan fingerprint density at radius 3 is 2.70 bits per heavy atom. The van der Waals surface area contributed by atoms with Crippen molar-refractivity contribution in [3.63, 3.8) is 0 Å². The van der Waals surface area contributed by atoms with Gasteiger partial charge in [0.15, 0.2) is 5.75 Å². The molecule has 11 nitrogen and oxygen atoms in total. The van der Waals surface area contributed by atoms with Crippen LogP contribution in [0.2, 0.25) is 0 Å². The van der Waals surface area contributed by atoms with Crippen molar-refractivity contribution < 1.29 is 19.0 Å². The van der Waals surface area contributed by atoms with Crippen LogP contribution in [-0.4, -0.2) is 68.4 Å². The number of carbonyl (C=O) groups excluding carboxylic acids is 1. The second-order valence-electron chi connectivity index (χ2n) is 12.3. The predicted octanol–water partition coefficient (Wildman–Crippen LogP) is 6.18. The Hall–Kier alpha value is -5.06. The molecule has 0 radical (unpaired) electrons. The second-order valence-corrected chi connectivity index (χ2v) is 12.3. The number of piperazine rings is 1. The Balaban J connectivity index is 1.12. The molecule has 11 heteroatoms. The summed E-state index contributed by atoms with van der Waals surface area (Å²) in [4.78, 5) is 30.4. The lowest BCUT2D eigenvalue weighted by atomic mass is 10.1. The summed E-state index contributed by atoms with van der Waals surface area (Å²) in [5.74, 6) is 2.90. The molecule has 1 saturated heterocycles. The summed E-state index contributed by atoms with van der Waals surface area (Å²) in [7, 11) is 1.97. The van der Waals surface area contributed by atoms with Crippen molar-refractivity contribution in [2.75, 3.05) is 36.5 Å². The molecule has 2 aliphatic heterocycles. The smallest absolute Gasteiger partial charge is 0.410 e. The van der Waals surface area contributed by atoms with E-state index in [4.69, 9.17) is 14.2 Å². The number of benzene rings is 3. The van der Waals surface area contributed by atoms with Crippen LogP contribution in [0.15, 0.2) is 61.2 Å². The standard InChI is InChI=1S/C33H35N7O4/c1-20-14-21(6-11-28(20)43-23-7-9-26-25(15-23)36-19-38(26)5)37-31-29-24(34-18-35-31)8-10-27-30(29)42-17-22-16-39(12-13-40(22)27)32(41)44-33(2,3)4/h6-11,14-15,18-19,22H,12-13,16-17H2,1-5H3,(H,34,35,37). The number of anilines is 3. The Labute approximate surface area is 255 Å². The van der Waals surface area contributed by atoms with E-state index in [1.165, 1.54) is 0 Å². The van der Waals surface area contributed by atoms with Gasteiger partial charge in [-0.3, -0.25) is 0 Å². The van der Waals surface area contributed by atoms with E-state index in [-0.39, 0.29) is 12.1 Å². The monoisotopic (exact) mass is 593 g/mol. The first kappa shape index (κ1) is 27.8. The van der Waals surface area contributed by atoms with Crippen LogP contribution < -0.4 is 19.7 Å². The molecule has 2 aromatic heterocycles. The van der Waals surface area contributed by atoms with E-state index >= 15 is 0 Å². The van der Waals surface area contributed by atoms with Crippen LogP contribution in [0, 0.1) is 6.92 Å². The molecule has 44 heavy (non-hydrogen) atoms. The topological polar surface area (TPSA) is 107 Å². The van der Waals surface area contributed by atoms with Crippen molar-refractivity contribution in [2.45, 2.75) is 39.3 Å². The molecule has 5 aromatic rings. The van der Waals surface area contributed by atoms with Gasteiger partial charge in [-0.1, -0.05) is 0 Å². The van der Waals surface area contributed by atoms with Crippen molar-refractivity contribution in [1.82, 2.24) is 24.4 Å². The number of imidazole rings is 1. The van der Waals surface area contributed by atoms with E-state index in [0.29, 0.717) is 32.1 Å². The molecule has 1 fully saturated rings. The van der Waals surface area contributed by atoms with E-state index in [1.54, 1.807) is 17.6 Å². The van der Waals surface area contributed by atoms with Gasteiger partial charge in [0.25, 0.3) is 0 Å². The molecule has 1 atom stereocenters. The minimum absolute atomic E-state index is 0.0239. The van der Waals surface area contributed by atoms with Crippen LogP contribution >= 0.6 is 0 Å². The lowest BCUT2D eigenvalue weighted by molar-refractivity contribution is 0.0195. The zero-order valence-electron chi connectivity index (χ0n) is 25.5. The molecular formula is C33H35N7O4. The zero-order chi connectivity index (χ0) is 30.6. The van der Waals surface area contributed by atoms with Crippen molar-refractivity contribution in [2.24, 2.45) is 7.05 Å². The molecule has 0 aliphatic carbocycles. The second kappa shape index (κ2) is 10.6. The maximum Gasteiger partial charge on any atom is 0.410 e. The molecule has 3 aromatic carbocycles. The largest absolute Gasteiger partial charge is 0.488 e. The summed E-state index contributed by atoms with van der Waals surface area (Å²) in [6.45, 7) is 9.88. The van der Waals surface area contributed by atoms with Crippen LogP contribution in [0.25, 0.3) is 21.9 Å². The molecule has 0 bridgehead atoms. The summed E-state index contributed by atoms with van der Waals surface area (Å²) in [6, 6.07) is 15.9.